The lowest BCUT2D eigenvalue weighted by Gasteiger charge is -2.14. The molecule has 7 nitrogen and oxygen atoms in total. The van der Waals surface area contributed by atoms with Crippen LogP contribution in [0.5, 0.6) is 0 Å². The highest BCUT2D eigenvalue weighted by atomic mass is 19.4. The summed E-state index contributed by atoms with van der Waals surface area (Å²) in [5.74, 6) is -1.83. The molecule has 1 amide bonds. The van der Waals surface area contributed by atoms with E-state index in [1.165, 1.54) is 32.0 Å². The zero-order valence-corrected chi connectivity index (χ0v) is 14.7. The first-order chi connectivity index (χ1) is 13.0. The minimum Gasteiger partial charge on any atom is -0.449 e. The number of alkyl halides is 3. The molecule has 0 heterocycles. The summed E-state index contributed by atoms with van der Waals surface area (Å²) in [5, 5.41) is 13.2. The average molecular weight is 396 g/mol. The first kappa shape index (κ1) is 20.9. The Morgan fingerprint density at radius 3 is 2.46 bits per heavy atom. The number of carbonyl (C=O) groups excluding carboxylic acids is 2. The number of aryl methyl sites for hydroxylation is 1. The third kappa shape index (κ3) is 5.06. The van der Waals surface area contributed by atoms with E-state index in [9.17, 15) is 32.9 Å². The highest BCUT2D eigenvalue weighted by Crippen LogP contribution is 2.30. The standard InChI is InChI=1S/C18H15F3N2O5/c1-10-6-7-12(8-15(10)23(26)27)17(25)28-11(2)16(24)22-14-5-3-4-13(9-14)18(19,20)21/h3-9,11H,1-2H3,(H,22,24)/t11-/m1/s1. The molecule has 1 N–H and O–H groups in total. The van der Waals surface area contributed by atoms with E-state index < -0.39 is 34.6 Å². The van der Waals surface area contributed by atoms with E-state index in [2.05, 4.69) is 5.32 Å². The van der Waals surface area contributed by atoms with E-state index in [-0.39, 0.29) is 16.9 Å². The molecule has 0 aliphatic carbocycles. The van der Waals surface area contributed by atoms with Crippen molar-refractivity contribution in [2.75, 3.05) is 5.32 Å². The summed E-state index contributed by atoms with van der Waals surface area (Å²) in [5.41, 5.74) is -1.13. The first-order valence-electron chi connectivity index (χ1n) is 7.93. The first-order valence-corrected chi connectivity index (χ1v) is 7.93. The second kappa shape index (κ2) is 8.07. The largest absolute Gasteiger partial charge is 0.449 e. The van der Waals surface area contributed by atoms with Gasteiger partial charge in [-0.25, -0.2) is 4.79 Å². The summed E-state index contributed by atoms with van der Waals surface area (Å²) >= 11 is 0. The molecular weight excluding hydrogens is 381 g/mol. The molecule has 0 aromatic heterocycles. The number of benzene rings is 2. The normalized spacial score (nSPS) is 12.2. The third-order valence-electron chi connectivity index (χ3n) is 3.75. The van der Waals surface area contributed by atoms with Crippen LogP contribution < -0.4 is 5.32 Å². The van der Waals surface area contributed by atoms with Gasteiger partial charge in [0.2, 0.25) is 0 Å². The molecule has 2 aromatic carbocycles. The number of nitro benzene ring substituents is 1. The van der Waals surface area contributed by atoms with Crippen LogP contribution in [0.25, 0.3) is 0 Å². The zero-order valence-electron chi connectivity index (χ0n) is 14.7. The van der Waals surface area contributed by atoms with Crippen molar-refractivity contribution in [1.29, 1.82) is 0 Å². The number of hydrogen-bond acceptors (Lipinski definition) is 5. The van der Waals surface area contributed by atoms with Gasteiger partial charge in [-0.05, 0) is 38.1 Å². The number of rotatable bonds is 5. The van der Waals surface area contributed by atoms with Crippen molar-refractivity contribution in [3.05, 3.63) is 69.3 Å². The summed E-state index contributed by atoms with van der Waals surface area (Å²) in [4.78, 5) is 34.5. The highest BCUT2D eigenvalue weighted by molar-refractivity contribution is 5.97. The lowest BCUT2D eigenvalue weighted by atomic mass is 10.1. The number of nitrogens with zero attached hydrogens (tertiary/aromatic N) is 1. The van der Waals surface area contributed by atoms with E-state index in [4.69, 9.17) is 4.74 Å². The van der Waals surface area contributed by atoms with Crippen molar-refractivity contribution in [1.82, 2.24) is 0 Å². The molecule has 0 spiro atoms. The van der Waals surface area contributed by atoms with Crippen LogP contribution in [0.1, 0.15) is 28.4 Å². The fourth-order valence-electron chi connectivity index (χ4n) is 2.23. The molecule has 0 saturated heterocycles. The number of halogens is 3. The van der Waals surface area contributed by atoms with Crippen LogP contribution in [0.2, 0.25) is 0 Å². The van der Waals surface area contributed by atoms with E-state index in [1.54, 1.807) is 0 Å². The van der Waals surface area contributed by atoms with Crippen molar-refractivity contribution in [2.24, 2.45) is 0 Å². The van der Waals surface area contributed by atoms with E-state index in [0.717, 1.165) is 24.3 Å². The van der Waals surface area contributed by atoms with Crippen molar-refractivity contribution in [3.8, 4) is 0 Å². The van der Waals surface area contributed by atoms with Crippen molar-refractivity contribution >= 4 is 23.3 Å². The van der Waals surface area contributed by atoms with Crippen LogP contribution in [0.4, 0.5) is 24.5 Å². The molecule has 0 unspecified atom stereocenters. The van der Waals surface area contributed by atoms with Crippen LogP contribution in [-0.2, 0) is 15.7 Å². The van der Waals surface area contributed by atoms with Gasteiger partial charge in [-0.3, -0.25) is 14.9 Å². The molecule has 148 valence electrons. The van der Waals surface area contributed by atoms with Crippen molar-refractivity contribution < 1.29 is 32.4 Å². The Balaban J connectivity index is 2.07. The Morgan fingerprint density at radius 1 is 1.18 bits per heavy atom. The quantitative estimate of drug-likeness (QED) is 0.466. The van der Waals surface area contributed by atoms with Gasteiger partial charge >= 0.3 is 12.1 Å². The van der Waals surface area contributed by atoms with Crippen LogP contribution in [0, 0.1) is 17.0 Å². The molecule has 0 fully saturated rings. The molecule has 1 atom stereocenters. The maximum absolute atomic E-state index is 12.7. The molecule has 0 saturated carbocycles. The van der Waals surface area contributed by atoms with Gasteiger partial charge in [-0.1, -0.05) is 12.1 Å². The van der Waals surface area contributed by atoms with Gasteiger partial charge in [0, 0.05) is 17.3 Å². The number of nitrogens with one attached hydrogen (secondary N) is 1. The number of ether oxygens (including phenoxy) is 1. The minimum absolute atomic E-state index is 0.117. The third-order valence-corrected chi connectivity index (χ3v) is 3.75. The molecule has 2 aromatic rings. The van der Waals surface area contributed by atoms with Crippen LogP contribution in [0.15, 0.2) is 42.5 Å². The predicted molar refractivity (Wildman–Crippen MR) is 92.8 cm³/mol. The van der Waals surface area contributed by atoms with E-state index >= 15 is 0 Å². The lowest BCUT2D eigenvalue weighted by molar-refractivity contribution is -0.385. The Morgan fingerprint density at radius 2 is 1.86 bits per heavy atom. The van der Waals surface area contributed by atoms with Gasteiger partial charge in [-0.2, -0.15) is 13.2 Å². The SMILES string of the molecule is Cc1ccc(C(=O)O[C@H](C)C(=O)Nc2cccc(C(F)(F)F)c2)cc1[N+](=O)[O-]. The van der Waals surface area contributed by atoms with Crippen LogP contribution in [0.3, 0.4) is 0 Å². The lowest BCUT2D eigenvalue weighted by Crippen LogP contribution is -2.30. The minimum atomic E-state index is -4.57. The van der Waals surface area contributed by atoms with Crippen molar-refractivity contribution in [2.45, 2.75) is 26.1 Å². The number of amides is 1. The van der Waals surface area contributed by atoms with Gasteiger partial charge < -0.3 is 10.1 Å². The Bertz CT molecular complexity index is 928. The molecule has 0 aliphatic rings. The maximum Gasteiger partial charge on any atom is 0.416 e. The summed E-state index contributed by atoms with van der Waals surface area (Å²) < 4.78 is 43.1. The van der Waals surface area contributed by atoms with Crippen molar-refractivity contribution in [3.63, 3.8) is 0 Å². The number of nitro groups is 1. The topological polar surface area (TPSA) is 98.5 Å². The maximum atomic E-state index is 12.7. The zero-order chi connectivity index (χ0) is 21.1. The Hall–Kier alpha value is -3.43. The number of hydrogen-bond donors (Lipinski definition) is 1. The Kier molecular flexibility index (Phi) is 6.02. The second-order valence-corrected chi connectivity index (χ2v) is 5.87. The number of esters is 1. The molecule has 28 heavy (non-hydrogen) atoms. The van der Waals surface area contributed by atoms with Gasteiger partial charge in [-0.15, -0.1) is 0 Å². The average Bonchev–Trinajstić information content (AvgIpc) is 2.61. The Labute approximate surface area is 157 Å². The number of carbonyl (C=O) groups is 2. The van der Waals surface area contributed by atoms with Gasteiger partial charge in [0.05, 0.1) is 16.1 Å². The van der Waals surface area contributed by atoms with Gasteiger partial charge in [0.25, 0.3) is 11.6 Å². The molecule has 10 heteroatoms. The van der Waals surface area contributed by atoms with Crippen LogP contribution in [-0.4, -0.2) is 22.9 Å². The van der Waals surface area contributed by atoms with Crippen LogP contribution >= 0.6 is 0 Å². The second-order valence-electron chi connectivity index (χ2n) is 5.87. The fourth-order valence-corrected chi connectivity index (χ4v) is 2.23. The molecule has 0 aliphatic heterocycles. The number of anilines is 1. The van der Waals surface area contributed by atoms with Gasteiger partial charge in [0.1, 0.15) is 0 Å². The van der Waals surface area contributed by atoms with E-state index in [1.807, 2.05) is 0 Å². The molecule has 2 rings (SSSR count). The smallest absolute Gasteiger partial charge is 0.416 e. The summed E-state index contributed by atoms with van der Waals surface area (Å²) in [6, 6.07) is 7.67. The molecular formula is C18H15F3N2O5. The fraction of sp³-hybridized carbons (Fsp3) is 0.222. The molecule has 0 bridgehead atoms. The predicted octanol–water partition coefficient (Wildman–Crippen LogP) is 4.11. The van der Waals surface area contributed by atoms with Gasteiger partial charge in [0.15, 0.2) is 6.10 Å². The van der Waals surface area contributed by atoms with E-state index in [0.29, 0.717) is 5.56 Å². The highest BCUT2D eigenvalue weighted by Gasteiger charge is 2.30. The monoisotopic (exact) mass is 396 g/mol. The summed E-state index contributed by atoms with van der Waals surface area (Å²) in [6.45, 7) is 2.72. The molecule has 0 radical (unpaired) electrons. The summed E-state index contributed by atoms with van der Waals surface area (Å²) in [6.07, 6.45) is -5.92. The summed E-state index contributed by atoms with van der Waals surface area (Å²) in [7, 11) is 0.